The molecule has 1 saturated heterocycles. The zero-order chi connectivity index (χ0) is 11.6. The number of cyclic esters (lactones) is 2. The topological polar surface area (TPSA) is 69.7 Å². The lowest BCUT2D eigenvalue weighted by molar-refractivity contribution is -0.240. The van der Waals surface area contributed by atoms with Gasteiger partial charge in [0.25, 0.3) is 5.79 Å². The van der Waals surface area contributed by atoms with Crippen molar-refractivity contribution in [2.24, 2.45) is 5.92 Å². The van der Waals surface area contributed by atoms with Crippen LogP contribution in [0.5, 0.6) is 0 Å². The molecule has 0 aromatic carbocycles. The zero-order valence-electron chi connectivity index (χ0n) is 8.61. The molecular formula is C9H13O5P. The van der Waals surface area contributed by atoms with Crippen LogP contribution in [0.3, 0.4) is 0 Å². The van der Waals surface area contributed by atoms with Crippen LogP contribution in [0.1, 0.15) is 26.7 Å². The van der Waals surface area contributed by atoms with E-state index < -0.39 is 23.6 Å². The molecule has 1 aliphatic heterocycles. The number of carbonyl (C=O) groups is 3. The van der Waals surface area contributed by atoms with E-state index in [1.807, 2.05) is 9.24 Å². The summed E-state index contributed by atoms with van der Waals surface area (Å²) in [5.74, 6) is -3.41. The summed E-state index contributed by atoms with van der Waals surface area (Å²) in [7, 11) is 1.99. The highest BCUT2D eigenvalue weighted by atomic mass is 31.0. The van der Waals surface area contributed by atoms with Gasteiger partial charge in [0.15, 0.2) is 5.92 Å². The molecule has 1 heterocycles. The molecule has 6 heteroatoms. The molecule has 84 valence electrons. The lowest BCUT2D eigenvalue weighted by Crippen LogP contribution is -2.46. The van der Waals surface area contributed by atoms with E-state index in [0.29, 0.717) is 0 Å². The van der Waals surface area contributed by atoms with Crippen LogP contribution in [0.15, 0.2) is 0 Å². The van der Waals surface area contributed by atoms with E-state index in [4.69, 9.17) is 9.47 Å². The molecule has 0 amide bonds. The molecule has 0 N–H and O–H groups in total. The fraction of sp³-hybridized carbons (Fsp3) is 0.667. The maximum atomic E-state index is 11.4. The van der Waals surface area contributed by atoms with Crippen LogP contribution in [-0.4, -0.2) is 23.3 Å². The lowest BCUT2D eigenvalue weighted by Gasteiger charge is -2.32. The highest BCUT2D eigenvalue weighted by molar-refractivity contribution is 7.40. The number of esters is 2. The average molecular weight is 232 g/mol. The molecule has 0 bridgehead atoms. The van der Waals surface area contributed by atoms with Crippen LogP contribution in [-0.2, 0) is 23.9 Å². The Morgan fingerprint density at radius 1 is 1.33 bits per heavy atom. The Hall–Kier alpha value is -0.960. The van der Waals surface area contributed by atoms with Gasteiger partial charge in [-0.25, -0.2) is 0 Å². The minimum absolute atomic E-state index is 0.135. The van der Waals surface area contributed by atoms with Crippen molar-refractivity contribution in [2.75, 3.05) is 0 Å². The summed E-state index contributed by atoms with van der Waals surface area (Å²) < 4.78 is 9.78. The third-order valence-electron chi connectivity index (χ3n) is 1.94. The molecule has 0 aromatic rings. The molecule has 0 saturated carbocycles. The van der Waals surface area contributed by atoms with E-state index >= 15 is 0 Å². The molecule has 1 aliphatic rings. The van der Waals surface area contributed by atoms with Gasteiger partial charge in [-0.1, -0.05) is 9.24 Å². The molecule has 1 unspecified atom stereocenters. The molecule has 15 heavy (non-hydrogen) atoms. The Morgan fingerprint density at radius 3 is 2.20 bits per heavy atom. The van der Waals surface area contributed by atoms with Gasteiger partial charge in [-0.2, -0.15) is 0 Å². The Morgan fingerprint density at radius 2 is 1.80 bits per heavy atom. The quantitative estimate of drug-likeness (QED) is 0.405. The Labute approximate surface area is 89.7 Å². The largest absolute Gasteiger partial charge is 0.422 e. The van der Waals surface area contributed by atoms with E-state index in [1.165, 1.54) is 13.8 Å². The highest BCUT2D eigenvalue weighted by Crippen LogP contribution is 2.25. The molecule has 0 radical (unpaired) electrons. The fourth-order valence-corrected chi connectivity index (χ4v) is 1.43. The second-order valence-electron chi connectivity index (χ2n) is 3.80. The fourth-order valence-electron chi connectivity index (χ4n) is 1.27. The number of carbonyl (C=O) groups excluding carboxylic acids is 3. The predicted octanol–water partition coefficient (Wildman–Crippen LogP) is 0.621. The first kappa shape index (κ1) is 12.1. The molecular weight excluding hydrogens is 219 g/mol. The van der Waals surface area contributed by atoms with Gasteiger partial charge in [-0.05, 0) is 6.42 Å². The van der Waals surface area contributed by atoms with Gasteiger partial charge < -0.3 is 9.47 Å². The van der Waals surface area contributed by atoms with Gasteiger partial charge in [-0.3, -0.25) is 14.4 Å². The van der Waals surface area contributed by atoms with E-state index in [1.54, 1.807) is 0 Å². The third kappa shape index (κ3) is 3.27. The smallest absolute Gasteiger partial charge is 0.323 e. The second-order valence-corrected chi connectivity index (χ2v) is 4.44. The number of ether oxygens (including phenoxy) is 2. The molecule has 1 rings (SSSR count). The summed E-state index contributed by atoms with van der Waals surface area (Å²) in [4.78, 5) is 33.5. The molecule has 5 nitrogen and oxygen atoms in total. The monoisotopic (exact) mass is 232 g/mol. The van der Waals surface area contributed by atoms with Crippen molar-refractivity contribution in [3.8, 4) is 0 Å². The van der Waals surface area contributed by atoms with Crippen molar-refractivity contribution in [3.05, 3.63) is 0 Å². The minimum Gasteiger partial charge on any atom is -0.422 e. The van der Waals surface area contributed by atoms with E-state index in [-0.39, 0.29) is 18.4 Å². The molecule has 1 fully saturated rings. The van der Waals surface area contributed by atoms with Gasteiger partial charge in [0, 0.05) is 20.3 Å². The molecule has 0 aromatic heterocycles. The zero-order valence-corrected chi connectivity index (χ0v) is 9.76. The maximum Gasteiger partial charge on any atom is 0.323 e. The number of hydrogen-bond acceptors (Lipinski definition) is 5. The number of hydrogen-bond donors (Lipinski definition) is 0. The summed E-state index contributed by atoms with van der Waals surface area (Å²) >= 11 is 0. The van der Waals surface area contributed by atoms with Crippen molar-refractivity contribution in [3.63, 3.8) is 0 Å². The van der Waals surface area contributed by atoms with E-state index in [0.717, 1.165) is 0 Å². The Bertz CT molecular complexity index is 290. The van der Waals surface area contributed by atoms with Crippen molar-refractivity contribution in [1.29, 1.82) is 0 Å². The minimum atomic E-state index is -1.20. The van der Waals surface area contributed by atoms with E-state index in [9.17, 15) is 14.4 Å². The van der Waals surface area contributed by atoms with Crippen molar-refractivity contribution < 1.29 is 23.9 Å². The van der Waals surface area contributed by atoms with Gasteiger partial charge in [-0.15, -0.1) is 0 Å². The normalized spacial score (nSPS) is 20.7. The van der Waals surface area contributed by atoms with Crippen molar-refractivity contribution in [2.45, 2.75) is 32.5 Å². The predicted molar refractivity (Wildman–Crippen MR) is 53.7 cm³/mol. The SMILES string of the molecule is CC1(C)OC(=O)C(CCC(=O)P)C(=O)O1. The summed E-state index contributed by atoms with van der Waals surface area (Å²) in [6.45, 7) is 2.97. The van der Waals surface area contributed by atoms with Crippen molar-refractivity contribution in [1.82, 2.24) is 0 Å². The van der Waals surface area contributed by atoms with Crippen LogP contribution in [0.25, 0.3) is 0 Å². The van der Waals surface area contributed by atoms with Crippen molar-refractivity contribution >= 4 is 26.7 Å². The van der Waals surface area contributed by atoms with Crippen LogP contribution in [0, 0.1) is 5.92 Å². The summed E-state index contributed by atoms with van der Waals surface area (Å²) in [6, 6.07) is 0. The average Bonchev–Trinajstić information content (AvgIpc) is 1.98. The first-order valence-electron chi connectivity index (χ1n) is 4.56. The Kier molecular flexibility index (Phi) is 3.45. The second kappa shape index (κ2) is 4.27. The lowest BCUT2D eigenvalue weighted by atomic mass is 10.0. The summed E-state index contributed by atoms with van der Waals surface area (Å²) in [6.07, 6.45) is 0.274. The maximum absolute atomic E-state index is 11.4. The van der Waals surface area contributed by atoms with Crippen LogP contribution < -0.4 is 0 Å². The molecule has 0 spiro atoms. The third-order valence-corrected chi connectivity index (χ3v) is 2.23. The molecule has 0 aliphatic carbocycles. The summed E-state index contributed by atoms with van der Waals surface area (Å²) in [5, 5.41) is 0. The van der Waals surface area contributed by atoms with Crippen LogP contribution >= 0.6 is 9.24 Å². The standard InChI is InChI=1S/C9H13O5P/c1-9(2)13-7(11)5(8(12)14-9)3-4-6(10)15/h5H,3-4,15H2,1-2H3. The van der Waals surface area contributed by atoms with Crippen LogP contribution in [0.2, 0.25) is 0 Å². The van der Waals surface area contributed by atoms with Gasteiger partial charge in [0.2, 0.25) is 0 Å². The number of rotatable bonds is 3. The van der Waals surface area contributed by atoms with E-state index in [2.05, 4.69) is 0 Å². The highest BCUT2D eigenvalue weighted by Gasteiger charge is 2.42. The molecule has 1 atom stereocenters. The first-order valence-corrected chi connectivity index (χ1v) is 5.13. The van der Waals surface area contributed by atoms with Gasteiger partial charge >= 0.3 is 11.9 Å². The first-order chi connectivity index (χ1) is 6.82. The van der Waals surface area contributed by atoms with Gasteiger partial charge in [0.1, 0.15) is 5.52 Å². The van der Waals surface area contributed by atoms with Gasteiger partial charge in [0.05, 0.1) is 0 Å². The van der Waals surface area contributed by atoms with Crippen LogP contribution in [0.4, 0.5) is 0 Å². The Balaban J connectivity index is 2.63. The summed E-state index contributed by atoms with van der Waals surface area (Å²) in [5.41, 5.74) is -0.152.